The zero-order valence-corrected chi connectivity index (χ0v) is 19.3. The summed E-state index contributed by atoms with van der Waals surface area (Å²) >= 11 is 0. The highest BCUT2D eigenvalue weighted by Crippen LogP contribution is 2.50. The van der Waals surface area contributed by atoms with Gasteiger partial charge in [-0.1, -0.05) is 6.92 Å². The molecule has 8 heteroatoms. The Hall–Kier alpha value is -3.55. The summed E-state index contributed by atoms with van der Waals surface area (Å²) in [7, 11) is 3.14. The molecule has 0 N–H and O–H groups in total. The predicted octanol–water partition coefficient (Wildman–Crippen LogP) is 4.23. The van der Waals surface area contributed by atoms with Crippen LogP contribution >= 0.6 is 0 Å². The average Bonchev–Trinajstić information content (AvgIpc) is 3.39. The summed E-state index contributed by atoms with van der Waals surface area (Å²) in [5.74, 6) is 3.24. The SMILES string of the molecule is COc1cc2c(=O)n(C(C)(C)C3CC3C)c3c4cc5c(cc4nnc3c2cc1OC)OCO5. The van der Waals surface area contributed by atoms with Crippen LogP contribution < -0.4 is 24.5 Å². The number of nitrogens with zero attached hydrogens (tertiary/aromatic N) is 3. The van der Waals surface area contributed by atoms with Crippen molar-refractivity contribution in [3.05, 3.63) is 34.6 Å². The first kappa shape index (κ1) is 20.1. The lowest BCUT2D eigenvalue weighted by molar-refractivity contribution is 0.174. The molecule has 3 heterocycles. The molecule has 4 aromatic rings. The van der Waals surface area contributed by atoms with E-state index in [1.165, 1.54) is 0 Å². The van der Waals surface area contributed by atoms with E-state index >= 15 is 0 Å². The second kappa shape index (κ2) is 6.73. The van der Waals surface area contributed by atoms with Crippen LogP contribution in [0.1, 0.15) is 27.2 Å². The van der Waals surface area contributed by atoms with Crippen molar-refractivity contribution >= 4 is 32.7 Å². The third-order valence-electron chi connectivity index (χ3n) is 7.26. The van der Waals surface area contributed by atoms with Crippen molar-refractivity contribution in [1.82, 2.24) is 14.8 Å². The van der Waals surface area contributed by atoms with Crippen molar-refractivity contribution in [2.45, 2.75) is 32.7 Å². The third kappa shape index (κ3) is 2.73. The van der Waals surface area contributed by atoms with Gasteiger partial charge in [0, 0.05) is 22.4 Å². The molecule has 1 saturated carbocycles. The first-order valence-corrected chi connectivity index (χ1v) is 11.1. The molecule has 6 rings (SSSR count). The average molecular weight is 447 g/mol. The van der Waals surface area contributed by atoms with E-state index in [2.05, 4.69) is 31.0 Å². The Morgan fingerprint density at radius 2 is 1.61 bits per heavy atom. The van der Waals surface area contributed by atoms with Crippen molar-refractivity contribution in [2.24, 2.45) is 11.8 Å². The number of benzene rings is 2. The van der Waals surface area contributed by atoms with Gasteiger partial charge in [-0.15, -0.1) is 10.2 Å². The lowest BCUT2D eigenvalue weighted by atomic mass is 9.94. The molecule has 1 fully saturated rings. The maximum atomic E-state index is 14.1. The van der Waals surface area contributed by atoms with Crippen LogP contribution in [0.4, 0.5) is 0 Å². The van der Waals surface area contributed by atoms with Gasteiger partial charge in [0.05, 0.1) is 30.6 Å². The van der Waals surface area contributed by atoms with E-state index in [9.17, 15) is 4.79 Å². The van der Waals surface area contributed by atoms with Gasteiger partial charge in [0.15, 0.2) is 23.0 Å². The van der Waals surface area contributed by atoms with Crippen molar-refractivity contribution in [2.75, 3.05) is 21.0 Å². The summed E-state index contributed by atoms with van der Waals surface area (Å²) in [6, 6.07) is 7.28. The standard InChI is InChI=1S/C25H25N3O5/c1-12-6-16(12)25(2,3)28-23-15-9-20-21(33-11-32-20)10-17(15)26-27-22(23)13-7-18(30-4)19(31-5)8-14(13)24(28)29/h7-10,12,16H,6,11H2,1-5H3. The van der Waals surface area contributed by atoms with Crippen LogP contribution in [0.15, 0.2) is 29.1 Å². The molecule has 1 aliphatic carbocycles. The molecule has 8 nitrogen and oxygen atoms in total. The van der Waals surface area contributed by atoms with Crippen LogP contribution in [0.3, 0.4) is 0 Å². The number of pyridine rings is 1. The molecular weight excluding hydrogens is 422 g/mol. The van der Waals surface area contributed by atoms with E-state index in [1.807, 2.05) is 22.8 Å². The molecule has 2 aromatic heterocycles. The summed E-state index contributed by atoms with van der Waals surface area (Å²) in [5, 5.41) is 11.1. The summed E-state index contributed by atoms with van der Waals surface area (Å²) in [6.07, 6.45) is 1.08. The lowest BCUT2D eigenvalue weighted by Gasteiger charge is -2.31. The molecule has 2 aromatic carbocycles. The zero-order valence-electron chi connectivity index (χ0n) is 19.3. The van der Waals surface area contributed by atoms with E-state index in [0.29, 0.717) is 56.6 Å². The normalized spacial score (nSPS) is 19.4. The van der Waals surface area contributed by atoms with Gasteiger partial charge < -0.3 is 18.9 Å². The minimum absolute atomic E-state index is 0.0884. The Bertz CT molecular complexity index is 1520. The van der Waals surface area contributed by atoms with Gasteiger partial charge in [0.25, 0.3) is 5.56 Å². The number of rotatable bonds is 4. The molecule has 0 saturated heterocycles. The second-order valence-electron chi connectivity index (χ2n) is 9.49. The van der Waals surface area contributed by atoms with Crippen molar-refractivity contribution in [3.63, 3.8) is 0 Å². The highest BCUT2D eigenvalue weighted by molar-refractivity contribution is 6.13. The maximum Gasteiger partial charge on any atom is 0.259 e. The molecule has 0 bridgehead atoms. The molecule has 2 aliphatic rings. The minimum atomic E-state index is -0.428. The number of ether oxygens (including phenoxy) is 4. The lowest BCUT2D eigenvalue weighted by Crippen LogP contribution is -2.39. The predicted molar refractivity (Wildman–Crippen MR) is 125 cm³/mol. The highest BCUT2D eigenvalue weighted by atomic mass is 16.7. The van der Waals surface area contributed by atoms with Crippen LogP contribution in [0.25, 0.3) is 32.7 Å². The fraction of sp³-hybridized carbons (Fsp3) is 0.400. The van der Waals surface area contributed by atoms with Gasteiger partial charge in [-0.2, -0.15) is 0 Å². The van der Waals surface area contributed by atoms with E-state index in [0.717, 1.165) is 17.3 Å². The third-order valence-corrected chi connectivity index (χ3v) is 7.26. The number of hydrogen-bond acceptors (Lipinski definition) is 7. The van der Waals surface area contributed by atoms with Crippen molar-refractivity contribution in [1.29, 1.82) is 0 Å². The molecule has 0 radical (unpaired) electrons. The van der Waals surface area contributed by atoms with Crippen LogP contribution in [0.2, 0.25) is 0 Å². The Morgan fingerprint density at radius 1 is 0.970 bits per heavy atom. The quantitative estimate of drug-likeness (QED) is 0.433. The smallest absolute Gasteiger partial charge is 0.259 e. The highest BCUT2D eigenvalue weighted by Gasteiger charge is 2.47. The summed E-state index contributed by atoms with van der Waals surface area (Å²) in [5.41, 5.74) is 1.52. The van der Waals surface area contributed by atoms with Crippen LogP contribution in [0.5, 0.6) is 23.0 Å². The Kier molecular flexibility index (Phi) is 4.09. The fourth-order valence-electron chi connectivity index (χ4n) is 5.39. The van der Waals surface area contributed by atoms with Crippen LogP contribution in [-0.4, -0.2) is 35.8 Å². The number of methoxy groups -OCH3 is 2. The van der Waals surface area contributed by atoms with E-state index in [1.54, 1.807) is 20.3 Å². The van der Waals surface area contributed by atoms with Gasteiger partial charge in [-0.3, -0.25) is 9.36 Å². The van der Waals surface area contributed by atoms with Gasteiger partial charge in [0.2, 0.25) is 6.79 Å². The van der Waals surface area contributed by atoms with Crippen molar-refractivity contribution in [3.8, 4) is 23.0 Å². The van der Waals surface area contributed by atoms with E-state index in [-0.39, 0.29) is 12.4 Å². The topological polar surface area (TPSA) is 84.7 Å². The van der Waals surface area contributed by atoms with Gasteiger partial charge >= 0.3 is 0 Å². The molecule has 1 aliphatic heterocycles. The van der Waals surface area contributed by atoms with Crippen LogP contribution in [-0.2, 0) is 5.54 Å². The number of aromatic nitrogens is 3. The maximum absolute atomic E-state index is 14.1. The molecular formula is C25H25N3O5. The first-order valence-electron chi connectivity index (χ1n) is 11.1. The van der Waals surface area contributed by atoms with Gasteiger partial charge in [-0.25, -0.2) is 0 Å². The van der Waals surface area contributed by atoms with E-state index in [4.69, 9.17) is 18.9 Å². The minimum Gasteiger partial charge on any atom is -0.493 e. The Balaban J connectivity index is 1.83. The second-order valence-corrected chi connectivity index (χ2v) is 9.49. The van der Waals surface area contributed by atoms with Gasteiger partial charge in [0.1, 0.15) is 5.52 Å². The Labute approximate surface area is 190 Å². The molecule has 0 spiro atoms. The fourth-order valence-corrected chi connectivity index (χ4v) is 5.39. The molecule has 170 valence electrons. The van der Waals surface area contributed by atoms with Crippen LogP contribution in [0, 0.1) is 11.8 Å². The first-order chi connectivity index (χ1) is 15.8. The molecule has 0 amide bonds. The molecule has 2 unspecified atom stereocenters. The number of hydrogen-bond donors (Lipinski definition) is 0. The summed E-state index contributed by atoms with van der Waals surface area (Å²) in [4.78, 5) is 14.1. The zero-order chi connectivity index (χ0) is 23.1. The number of fused-ring (bicyclic) bond motifs is 6. The summed E-state index contributed by atoms with van der Waals surface area (Å²) < 4.78 is 24.1. The summed E-state index contributed by atoms with van der Waals surface area (Å²) in [6.45, 7) is 6.65. The molecule has 2 atom stereocenters. The monoisotopic (exact) mass is 447 g/mol. The molecule has 33 heavy (non-hydrogen) atoms. The van der Waals surface area contributed by atoms with Gasteiger partial charge in [-0.05, 0) is 50.3 Å². The Morgan fingerprint density at radius 3 is 2.24 bits per heavy atom. The van der Waals surface area contributed by atoms with E-state index < -0.39 is 5.54 Å². The van der Waals surface area contributed by atoms with Crippen molar-refractivity contribution < 1.29 is 18.9 Å². The largest absolute Gasteiger partial charge is 0.493 e.